The summed E-state index contributed by atoms with van der Waals surface area (Å²) in [6, 6.07) is 3.04. The van der Waals surface area contributed by atoms with E-state index >= 15 is 0 Å². The van der Waals surface area contributed by atoms with E-state index in [9.17, 15) is 15.0 Å². The van der Waals surface area contributed by atoms with Gasteiger partial charge in [0.25, 0.3) is 5.91 Å². The molecule has 1 aromatic rings. The Morgan fingerprint density at radius 2 is 2.12 bits per heavy atom. The third-order valence-electron chi connectivity index (χ3n) is 5.09. The van der Waals surface area contributed by atoms with Crippen molar-refractivity contribution >= 4 is 5.91 Å². The molecule has 0 radical (unpaired) electrons. The summed E-state index contributed by atoms with van der Waals surface area (Å²) in [5.74, 6) is 0.624. The number of aliphatic hydroxyl groups excluding tert-OH is 2. The standard InChI is InChI=1S/C17H26N2O5/c1-11-4-6-19(7-5-11)15-13(24-14(10-20)16(15)21)9-18-17(22)12-3-2-8-23-12/h2-3,8,11,13-16,20-21H,4-7,9-10H2,1H3,(H,18,22). The fourth-order valence-corrected chi connectivity index (χ4v) is 3.61. The SMILES string of the molecule is CC1CCN(C2C(CNC(=O)c3ccco3)OC(CO)C2O)CC1. The molecule has 7 nitrogen and oxygen atoms in total. The average Bonchev–Trinajstić information content (AvgIpc) is 3.22. The van der Waals surface area contributed by atoms with Crippen molar-refractivity contribution in [2.75, 3.05) is 26.2 Å². The van der Waals surface area contributed by atoms with Crippen molar-refractivity contribution in [2.45, 2.75) is 44.1 Å². The molecule has 2 aliphatic rings. The molecule has 0 spiro atoms. The molecule has 3 N–H and O–H groups in total. The molecule has 1 aromatic heterocycles. The van der Waals surface area contributed by atoms with Gasteiger partial charge in [-0.1, -0.05) is 6.92 Å². The summed E-state index contributed by atoms with van der Waals surface area (Å²) in [5, 5.41) is 22.8. The van der Waals surface area contributed by atoms with Crippen LogP contribution in [0.4, 0.5) is 0 Å². The first-order chi connectivity index (χ1) is 11.6. The van der Waals surface area contributed by atoms with E-state index in [2.05, 4.69) is 17.1 Å². The van der Waals surface area contributed by atoms with Gasteiger partial charge in [-0.05, 0) is 44.0 Å². The van der Waals surface area contributed by atoms with Gasteiger partial charge in [0, 0.05) is 6.54 Å². The zero-order chi connectivity index (χ0) is 17.1. The first kappa shape index (κ1) is 17.4. The van der Waals surface area contributed by atoms with Crippen LogP contribution in [0.25, 0.3) is 0 Å². The number of hydrogen-bond donors (Lipinski definition) is 3. The smallest absolute Gasteiger partial charge is 0.287 e. The maximum atomic E-state index is 12.0. The monoisotopic (exact) mass is 338 g/mol. The molecule has 0 bridgehead atoms. The molecule has 3 heterocycles. The van der Waals surface area contributed by atoms with E-state index in [-0.39, 0.29) is 37.0 Å². The molecule has 24 heavy (non-hydrogen) atoms. The molecule has 0 aliphatic carbocycles. The lowest BCUT2D eigenvalue weighted by Crippen LogP contribution is -2.53. The highest BCUT2D eigenvalue weighted by Gasteiger charge is 2.46. The Kier molecular flexibility index (Phi) is 5.55. The van der Waals surface area contributed by atoms with E-state index in [4.69, 9.17) is 9.15 Å². The Morgan fingerprint density at radius 1 is 1.38 bits per heavy atom. The number of hydrogen-bond acceptors (Lipinski definition) is 6. The van der Waals surface area contributed by atoms with Crippen molar-refractivity contribution in [3.63, 3.8) is 0 Å². The number of carbonyl (C=O) groups excluding carboxylic acids is 1. The van der Waals surface area contributed by atoms with Crippen LogP contribution in [-0.4, -0.2) is 71.6 Å². The van der Waals surface area contributed by atoms with Crippen LogP contribution in [0.5, 0.6) is 0 Å². The minimum Gasteiger partial charge on any atom is -0.459 e. The third kappa shape index (κ3) is 3.64. The van der Waals surface area contributed by atoms with Gasteiger partial charge in [0.05, 0.1) is 25.0 Å². The summed E-state index contributed by atoms with van der Waals surface area (Å²) in [4.78, 5) is 14.3. The summed E-state index contributed by atoms with van der Waals surface area (Å²) < 4.78 is 10.9. The molecule has 4 unspecified atom stereocenters. The van der Waals surface area contributed by atoms with Crippen LogP contribution in [0.15, 0.2) is 22.8 Å². The van der Waals surface area contributed by atoms with Gasteiger partial charge in [-0.15, -0.1) is 0 Å². The minimum absolute atomic E-state index is 0.216. The molecule has 2 fully saturated rings. The van der Waals surface area contributed by atoms with Gasteiger partial charge < -0.3 is 24.7 Å². The van der Waals surface area contributed by atoms with E-state index in [1.54, 1.807) is 12.1 Å². The normalized spacial score (nSPS) is 32.1. The fourth-order valence-electron chi connectivity index (χ4n) is 3.61. The maximum Gasteiger partial charge on any atom is 0.287 e. The Hall–Kier alpha value is -1.41. The van der Waals surface area contributed by atoms with Crippen LogP contribution in [0.2, 0.25) is 0 Å². The number of amides is 1. The molecule has 7 heteroatoms. The molecular formula is C17H26N2O5. The molecule has 1 amide bonds. The number of piperidine rings is 1. The summed E-state index contributed by atoms with van der Waals surface area (Å²) in [6.45, 7) is 4.06. The number of likely N-dealkylation sites (tertiary alicyclic amines) is 1. The zero-order valence-electron chi connectivity index (χ0n) is 13.9. The maximum absolute atomic E-state index is 12.0. The third-order valence-corrected chi connectivity index (χ3v) is 5.09. The van der Waals surface area contributed by atoms with Crippen molar-refractivity contribution in [3.8, 4) is 0 Å². The Morgan fingerprint density at radius 3 is 2.75 bits per heavy atom. The summed E-state index contributed by atoms with van der Waals surface area (Å²) in [6.07, 6.45) is 1.89. The topological polar surface area (TPSA) is 95.2 Å². The summed E-state index contributed by atoms with van der Waals surface area (Å²) >= 11 is 0. The Balaban J connectivity index is 1.63. The first-order valence-electron chi connectivity index (χ1n) is 8.60. The number of rotatable bonds is 5. The lowest BCUT2D eigenvalue weighted by atomic mass is 9.94. The highest BCUT2D eigenvalue weighted by atomic mass is 16.5. The molecular weight excluding hydrogens is 312 g/mol. The van der Waals surface area contributed by atoms with Crippen LogP contribution < -0.4 is 5.32 Å². The first-order valence-corrected chi connectivity index (χ1v) is 8.60. The Bertz CT molecular complexity index is 527. The van der Waals surface area contributed by atoms with Gasteiger partial charge in [-0.3, -0.25) is 9.69 Å². The van der Waals surface area contributed by atoms with Crippen LogP contribution in [0, 0.1) is 5.92 Å². The van der Waals surface area contributed by atoms with Crippen LogP contribution in [0.1, 0.15) is 30.3 Å². The minimum atomic E-state index is -0.756. The van der Waals surface area contributed by atoms with Gasteiger partial charge in [-0.2, -0.15) is 0 Å². The van der Waals surface area contributed by atoms with Gasteiger partial charge in [0.15, 0.2) is 5.76 Å². The number of nitrogens with zero attached hydrogens (tertiary/aromatic N) is 1. The lowest BCUT2D eigenvalue weighted by Gasteiger charge is -2.38. The molecule has 3 rings (SSSR count). The number of nitrogens with one attached hydrogen (secondary N) is 1. The average molecular weight is 338 g/mol. The largest absolute Gasteiger partial charge is 0.459 e. The highest BCUT2D eigenvalue weighted by molar-refractivity contribution is 5.91. The Labute approximate surface area is 141 Å². The number of carbonyl (C=O) groups is 1. The number of furan rings is 1. The molecule has 4 atom stereocenters. The summed E-state index contributed by atoms with van der Waals surface area (Å²) in [5.41, 5.74) is 0. The van der Waals surface area contributed by atoms with Crippen molar-refractivity contribution in [1.29, 1.82) is 0 Å². The number of aliphatic hydroxyl groups is 2. The summed E-state index contributed by atoms with van der Waals surface area (Å²) in [7, 11) is 0. The molecule has 134 valence electrons. The van der Waals surface area contributed by atoms with E-state index in [0.29, 0.717) is 5.92 Å². The van der Waals surface area contributed by atoms with E-state index < -0.39 is 12.2 Å². The van der Waals surface area contributed by atoms with Gasteiger partial charge >= 0.3 is 0 Å². The quantitative estimate of drug-likeness (QED) is 0.711. The second-order valence-corrected chi connectivity index (χ2v) is 6.78. The molecule has 2 aliphatic heterocycles. The van der Waals surface area contributed by atoms with E-state index in [1.807, 2.05) is 0 Å². The van der Waals surface area contributed by atoms with Gasteiger partial charge in [-0.25, -0.2) is 0 Å². The molecule has 2 saturated heterocycles. The van der Waals surface area contributed by atoms with Gasteiger partial charge in [0.1, 0.15) is 12.2 Å². The van der Waals surface area contributed by atoms with Crippen molar-refractivity contribution < 1.29 is 24.2 Å². The van der Waals surface area contributed by atoms with Crippen molar-refractivity contribution in [3.05, 3.63) is 24.2 Å². The number of ether oxygens (including phenoxy) is 1. The van der Waals surface area contributed by atoms with Crippen LogP contribution >= 0.6 is 0 Å². The van der Waals surface area contributed by atoms with E-state index in [0.717, 1.165) is 25.9 Å². The fraction of sp³-hybridized carbons (Fsp3) is 0.706. The molecule has 0 saturated carbocycles. The predicted octanol–water partition coefficient (Wildman–Crippen LogP) is 0.230. The van der Waals surface area contributed by atoms with Crippen LogP contribution in [-0.2, 0) is 4.74 Å². The molecule has 0 aromatic carbocycles. The second-order valence-electron chi connectivity index (χ2n) is 6.78. The van der Waals surface area contributed by atoms with Gasteiger partial charge in [0.2, 0.25) is 0 Å². The van der Waals surface area contributed by atoms with E-state index in [1.165, 1.54) is 6.26 Å². The van der Waals surface area contributed by atoms with Crippen molar-refractivity contribution in [2.24, 2.45) is 5.92 Å². The van der Waals surface area contributed by atoms with Crippen LogP contribution in [0.3, 0.4) is 0 Å². The zero-order valence-corrected chi connectivity index (χ0v) is 13.9. The highest BCUT2D eigenvalue weighted by Crippen LogP contribution is 2.29. The second kappa shape index (κ2) is 7.65. The van der Waals surface area contributed by atoms with Crippen molar-refractivity contribution in [1.82, 2.24) is 10.2 Å². The predicted molar refractivity (Wildman–Crippen MR) is 86.6 cm³/mol. The lowest BCUT2D eigenvalue weighted by molar-refractivity contribution is -0.0209.